The molecule has 0 unspecified atom stereocenters. The van der Waals surface area contributed by atoms with E-state index in [2.05, 4.69) is 10.3 Å². The van der Waals surface area contributed by atoms with Crippen LogP contribution in [0.5, 0.6) is 0 Å². The maximum absolute atomic E-state index is 12.8. The van der Waals surface area contributed by atoms with Gasteiger partial charge in [-0.05, 0) is 62.1 Å². The first-order valence-electron chi connectivity index (χ1n) is 10.0. The number of aryl methyl sites for hydroxylation is 2. The number of carbonyl (C=O) groups excluding carboxylic acids is 2. The van der Waals surface area contributed by atoms with Gasteiger partial charge in [-0.3, -0.25) is 14.6 Å². The van der Waals surface area contributed by atoms with E-state index in [1.165, 1.54) is 5.56 Å². The Labute approximate surface area is 170 Å². The van der Waals surface area contributed by atoms with E-state index in [-0.39, 0.29) is 17.7 Å². The fourth-order valence-electron chi connectivity index (χ4n) is 3.84. The molecule has 1 N–H and O–H groups in total. The minimum absolute atomic E-state index is 0.00133. The van der Waals surface area contributed by atoms with Gasteiger partial charge in [0.1, 0.15) is 0 Å². The topological polar surface area (TPSA) is 62.3 Å². The second-order valence-electron chi connectivity index (χ2n) is 7.74. The molecule has 5 nitrogen and oxygen atoms in total. The maximum atomic E-state index is 12.8. The summed E-state index contributed by atoms with van der Waals surface area (Å²) in [6.07, 6.45) is 3.07. The number of amides is 2. The average molecular weight is 387 g/mol. The molecule has 148 valence electrons. The van der Waals surface area contributed by atoms with Gasteiger partial charge in [0.15, 0.2) is 0 Å². The van der Waals surface area contributed by atoms with Crippen LogP contribution >= 0.6 is 0 Å². The fraction of sp³-hybridized carbons (Fsp3) is 0.292. The largest absolute Gasteiger partial charge is 0.339 e. The van der Waals surface area contributed by atoms with E-state index in [0.717, 1.165) is 27.7 Å². The number of nitrogens with one attached hydrogen (secondary N) is 1. The molecule has 0 radical (unpaired) electrons. The summed E-state index contributed by atoms with van der Waals surface area (Å²) in [6.45, 7) is 5.25. The lowest BCUT2D eigenvalue weighted by Gasteiger charge is -2.31. The summed E-state index contributed by atoms with van der Waals surface area (Å²) in [5.74, 6) is -0.0515. The number of anilines is 1. The molecular formula is C24H25N3O2. The lowest BCUT2D eigenvalue weighted by atomic mass is 9.95. The van der Waals surface area contributed by atoms with Crippen LogP contribution < -0.4 is 5.32 Å². The molecule has 2 amide bonds. The SMILES string of the molecule is Cc1ccc(C(=O)N2CCC(C(=O)Nc3cccc4cccnc34)CC2)cc1C. The van der Waals surface area contributed by atoms with Crippen molar-refractivity contribution in [3.63, 3.8) is 0 Å². The van der Waals surface area contributed by atoms with Gasteiger partial charge in [-0.1, -0.05) is 24.3 Å². The molecule has 2 aromatic carbocycles. The third-order valence-corrected chi connectivity index (χ3v) is 5.80. The molecule has 3 aromatic rings. The van der Waals surface area contributed by atoms with Crippen molar-refractivity contribution in [1.29, 1.82) is 0 Å². The number of hydrogen-bond donors (Lipinski definition) is 1. The van der Waals surface area contributed by atoms with E-state index in [1.807, 2.05) is 67.3 Å². The summed E-state index contributed by atoms with van der Waals surface area (Å²) in [4.78, 5) is 31.8. The van der Waals surface area contributed by atoms with Crippen LogP contribution in [0.25, 0.3) is 10.9 Å². The molecule has 2 heterocycles. The highest BCUT2D eigenvalue weighted by Gasteiger charge is 2.28. The van der Waals surface area contributed by atoms with Crippen LogP contribution in [0.3, 0.4) is 0 Å². The third kappa shape index (κ3) is 3.99. The Hall–Kier alpha value is -3.21. The van der Waals surface area contributed by atoms with Crippen LogP contribution in [-0.4, -0.2) is 34.8 Å². The number of piperidine rings is 1. The lowest BCUT2D eigenvalue weighted by molar-refractivity contribution is -0.121. The van der Waals surface area contributed by atoms with Crippen molar-refractivity contribution in [2.24, 2.45) is 5.92 Å². The number of carbonyl (C=O) groups is 2. The molecule has 1 fully saturated rings. The average Bonchev–Trinajstić information content (AvgIpc) is 2.75. The lowest BCUT2D eigenvalue weighted by Crippen LogP contribution is -2.41. The highest BCUT2D eigenvalue weighted by Crippen LogP contribution is 2.25. The number of nitrogens with zero attached hydrogens (tertiary/aromatic N) is 2. The van der Waals surface area contributed by atoms with Crippen molar-refractivity contribution in [2.75, 3.05) is 18.4 Å². The Bertz CT molecular complexity index is 1060. The van der Waals surface area contributed by atoms with Crippen molar-refractivity contribution in [3.05, 3.63) is 71.4 Å². The molecule has 1 saturated heterocycles. The summed E-state index contributed by atoms with van der Waals surface area (Å²) < 4.78 is 0. The molecule has 4 rings (SSSR count). The first-order chi connectivity index (χ1) is 14.0. The van der Waals surface area contributed by atoms with Gasteiger partial charge in [0.05, 0.1) is 11.2 Å². The Balaban J connectivity index is 1.39. The van der Waals surface area contributed by atoms with Gasteiger partial charge < -0.3 is 10.2 Å². The highest BCUT2D eigenvalue weighted by atomic mass is 16.2. The van der Waals surface area contributed by atoms with E-state index in [1.54, 1.807) is 6.20 Å². The van der Waals surface area contributed by atoms with Crippen molar-refractivity contribution in [2.45, 2.75) is 26.7 Å². The first-order valence-corrected chi connectivity index (χ1v) is 10.0. The van der Waals surface area contributed by atoms with Crippen molar-refractivity contribution >= 4 is 28.4 Å². The van der Waals surface area contributed by atoms with Crippen LogP contribution in [0.1, 0.15) is 34.3 Å². The summed E-state index contributed by atoms with van der Waals surface area (Å²) in [5.41, 5.74) is 4.55. The van der Waals surface area contributed by atoms with Gasteiger partial charge >= 0.3 is 0 Å². The van der Waals surface area contributed by atoms with Gasteiger partial charge in [-0.25, -0.2) is 0 Å². The van der Waals surface area contributed by atoms with Gasteiger partial charge in [-0.15, -0.1) is 0 Å². The predicted octanol–water partition coefficient (Wildman–Crippen LogP) is 4.34. The summed E-state index contributed by atoms with van der Waals surface area (Å²) in [5, 5.41) is 4.04. The molecule has 1 aliphatic heterocycles. The van der Waals surface area contributed by atoms with Gasteiger partial charge in [-0.2, -0.15) is 0 Å². The van der Waals surface area contributed by atoms with Crippen LogP contribution in [0.4, 0.5) is 5.69 Å². The van der Waals surface area contributed by atoms with E-state index in [9.17, 15) is 9.59 Å². The van der Waals surface area contributed by atoms with Crippen LogP contribution in [-0.2, 0) is 4.79 Å². The Morgan fingerprint density at radius 1 is 1.00 bits per heavy atom. The third-order valence-electron chi connectivity index (χ3n) is 5.80. The smallest absolute Gasteiger partial charge is 0.253 e. The number of fused-ring (bicyclic) bond motifs is 1. The standard InChI is InChI=1S/C24H25N3O2/c1-16-8-9-20(15-17(16)2)24(29)27-13-10-19(11-14-27)23(28)26-21-7-3-5-18-6-4-12-25-22(18)21/h3-9,12,15,19H,10-11,13-14H2,1-2H3,(H,26,28). The minimum atomic E-state index is -0.0993. The van der Waals surface area contributed by atoms with Crippen molar-refractivity contribution in [1.82, 2.24) is 9.88 Å². The molecule has 0 bridgehead atoms. The van der Waals surface area contributed by atoms with Crippen LogP contribution in [0.15, 0.2) is 54.7 Å². The van der Waals surface area contributed by atoms with E-state index < -0.39 is 0 Å². The highest BCUT2D eigenvalue weighted by molar-refractivity contribution is 6.01. The van der Waals surface area contributed by atoms with Gasteiger partial charge in [0.25, 0.3) is 5.91 Å². The van der Waals surface area contributed by atoms with Gasteiger partial charge in [0, 0.05) is 36.2 Å². The summed E-state index contributed by atoms with van der Waals surface area (Å²) in [7, 11) is 0. The molecule has 0 aliphatic carbocycles. The Morgan fingerprint density at radius 3 is 2.52 bits per heavy atom. The number of para-hydroxylation sites is 1. The molecule has 0 saturated carbocycles. The normalized spacial score (nSPS) is 14.8. The first kappa shape index (κ1) is 19.1. The number of aromatic nitrogens is 1. The molecule has 5 heteroatoms. The number of rotatable bonds is 3. The number of likely N-dealkylation sites (tertiary alicyclic amines) is 1. The Morgan fingerprint density at radius 2 is 1.76 bits per heavy atom. The molecule has 0 spiro atoms. The monoisotopic (exact) mass is 387 g/mol. The summed E-state index contributed by atoms with van der Waals surface area (Å²) in [6, 6.07) is 15.5. The summed E-state index contributed by atoms with van der Waals surface area (Å²) >= 11 is 0. The van der Waals surface area contributed by atoms with E-state index in [4.69, 9.17) is 0 Å². The second-order valence-corrected chi connectivity index (χ2v) is 7.74. The maximum Gasteiger partial charge on any atom is 0.253 e. The minimum Gasteiger partial charge on any atom is -0.339 e. The molecule has 1 aliphatic rings. The van der Waals surface area contributed by atoms with Crippen molar-refractivity contribution < 1.29 is 9.59 Å². The quantitative estimate of drug-likeness (QED) is 0.727. The van der Waals surface area contributed by atoms with Crippen molar-refractivity contribution in [3.8, 4) is 0 Å². The zero-order valence-corrected chi connectivity index (χ0v) is 16.8. The molecule has 0 atom stereocenters. The molecular weight excluding hydrogens is 362 g/mol. The number of benzene rings is 2. The van der Waals surface area contributed by atoms with Crippen LogP contribution in [0, 0.1) is 19.8 Å². The number of pyridine rings is 1. The molecule has 1 aromatic heterocycles. The van der Waals surface area contributed by atoms with E-state index >= 15 is 0 Å². The predicted molar refractivity (Wildman–Crippen MR) is 115 cm³/mol. The second kappa shape index (κ2) is 8.03. The number of hydrogen-bond acceptors (Lipinski definition) is 3. The van der Waals surface area contributed by atoms with Gasteiger partial charge in [0.2, 0.25) is 5.91 Å². The molecule has 29 heavy (non-hydrogen) atoms. The van der Waals surface area contributed by atoms with Crippen LogP contribution in [0.2, 0.25) is 0 Å². The Kier molecular flexibility index (Phi) is 5.30. The van der Waals surface area contributed by atoms with E-state index in [0.29, 0.717) is 25.9 Å². The fourth-order valence-corrected chi connectivity index (χ4v) is 3.84. The zero-order valence-electron chi connectivity index (χ0n) is 16.8. The zero-order chi connectivity index (χ0) is 20.4.